The molecule has 1 aliphatic heterocycles. The van der Waals surface area contributed by atoms with Crippen molar-refractivity contribution in [3.05, 3.63) is 53.9 Å². The number of aryl methyl sites for hydroxylation is 1. The second kappa shape index (κ2) is 5.46. The molecule has 6 nitrogen and oxygen atoms in total. The van der Waals surface area contributed by atoms with Crippen molar-refractivity contribution in [2.24, 2.45) is 0 Å². The maximum atomic E-state index is 12.9. The number of H-pyrrole nitrogens is 1. The summed E-state index contributed by atoms with van der Waals surface area (Å²) in [5.74, 6) is 0.885. The van der Waals surface area contributed by atoms with E-state index in [1.807, 2.05) is 30.0 Å². The first-order valence-electron chi connectivity index (χ1n) is 7.75. The Kier molecular flexibility index (Phi) is 3.29. The first-order valence-corrected chi connectivity index (χ1v) is 7.75. The Hall–Kier alpha value is -2.76. The Bertz CT molecular complexity index is 858. The highest BCUT2D eigenvalue weighted by molar-refractivity contribution is 5.97. The van der Waals surface area contributed by atoms with E-state index in [9.17, 15) is 4.79 Å². The Morgan fingerprint density at radius 3 is 3.09 bits per heavy atom. The van der Waals surface area contributed by atoms with E-state index in [1.165, 1.54) is 0 Å². The highest BCUT2D eigenvalue weighted by Crippen LogP contribution is 2.31. The molecule has 0 unspecified atom stereocenters. The lowest BCUT2D eigenvalue weighted by molar-refractivity contribution is 0.0733. The van der Waals surface area contributed by atoms with Gasteiger partial charge in [0, 0.05) is 24.5 Å². The third-order valence-corrected chi connectivity index (χ3v) is 4.29. The number of carbonyl (C=O) groups excluding carboxylic acids is 1. The molecule has 1 atom stereocenters. The Morgan fingerprint density at radius 2 is 2.26 bits per heavy atom. The molecule has 0 saturated carbocycles. The molecule has 0 radical (unpaired) electrons. The molecule has 6 heteroatoms. The van der Waals surface area contributed by atoms with Crippen LogP contribution in [-0.4, -0.2) is 37.3 Å². The molecular formula is C17H17N5O. The minimum Gasteiger partial charge on any atom is -0.342 e. The van der Waals surface area contributed by atoms with Gasteiger partial charge in [0.05, 0.1) is 29.0 Å². The standard InChI is InChI=1S/C17H17N5O/c1-11-20-13-5-4-12(9-14(13)21-11)17(23)22-8-2-3-16(22)15-10-18-6-7-19-15/h4-7,9-10,16H,2-3,8H2,1H3,(H,20,21)/t16-/m1/s1. The minimum atomic E-state index is 0.00963. The third-order valence-electron chi connectivity index (χ3n) is 4.29. The summed E-state index contributed by atoms with van der Waals surface area (Å²) in [5, 5.41) is 0. The molecule has 2 aromatic heterocycles. The van der Waals surface area contributed by atoms with Crippen LogP contribution < -0.4 is 0 Å². The molecule has 3 heterocycles. The second-order valence-electron chi connectivity index (χ2n) is 5.84. The summed E-state index contributed by atoms with van der Waals surface area (Å²) in [6, 6.07) is 5.62. The van der Waals surface area contributed by atoms with Crippen LogP contribution in [0.5, 0.6) is 0 Å². The number of aromatic nitrogens is 4. The number of imidazole rings is 1. The Morgan fingerprint density at radius 1 is 1.35 bits per heavy atom. The monoisotopic (exact) mass is 307 g/mol. The van der Waals surface area contributed by atoms with Crippen LogP contribution in [-0.2, 0) is 0 Å². The van der Waals surface area contributed by atoms with Crippen molar-refractivity contribution < 1.29 is 4.79 Å². The average molecular weight is 307 g/mol. The number of likely N-dealkylation sites (tertiary alicyclic amines) is 1. The summed E-state index contributed by atoms with van der Waals surface area (Å²) in [6.45, 7) is 2.66. The Balaban J connectivity index is 1.66. The van der Waals surface area contributed by atoms with Crippen molar-refractivity contribution in [2.75, 3.05) is 6.54 Å². The molecule has 0 spiro atoms. The van der Waals surface area contributed by atoms with Crippen molar-refractivity contribution in [1.82, 2.24) is 24.8 Å². The number of aromatic amines is 1. The van der Waals surface area contributed by atoms with Gasteiger partial charge in [-0.1, -0.05) is 0 Å². The van der Waals surface area contributed by atoms with E-state index in [2.05, 4.69) is 19.9 Å². The first-order chi connectivity index (χ1) is 11.2. The molecule has 4 rings (SSSR count). The molecule has 116 valence electrons. The van der Waals surface area contributed by atoms with Crippen LogP contribution in [0, 0.1) is 6.92 Å². The SMILES string of the molecule is Cc1nc2ccc(C(=O)N3CCC[C@@H]3c3cnccn3)cc2[nH]1. The van der Waals surface area contributed by atoms with Crippen LogP contribution >= 0.6 is 0 Å². The zero-order valence-corrected chi connectivity index (χ0v) is 12.9. The van der Waals surface area contributed by atoms with Crippen molar-refractivity contribution in [3.63, 3.8) is 0 Å². The summed E-state index contributed by atoms with van der Waals surface area (Å²) in [4.78, 5) is 30.9. The average Bonchev–Trinajstić information content (AvgIpc) is 3.19. The van der Waals surface area contributed by atoms with Crippen molar-refractivity contribution in [3.8, 4) is 0 Å². The van der Waals surface area contributed by atoms with Crippen LogP contribution in [0.2, 0.25) is 0 Å². The van der Waals surface area contributed by atoms with Gasteiger partial charge >= 0.3 is 0 Å². The number of benzene rings is 1. The largest absolute Gasteiger partial charge is 0.342 e. The molecule has 23 heavy (non-hydrogen) atoms. The molecule has 0 bridgehead atoms. The van der Waals surface area contributed by atoms with E-state index < -0.39 is 0 Å². The van der Waals surface area contributed by atoms with Gasteiger partial charge in [-0.05, 0) is 38.0 Å². The van der Waals surface area contributed by atoms with Gasteiger partial charge in [0.25, 0.3) is 5.91 Å². The van der Waals surface area contributed by atoms with E-state index in [0.29, 0.717) is 5.56 Å². The molecule has 1 saturated heterocycles. The van der Waals surface area contributed by atoms with Crippen LogP contribution in [0.1, 0.15) is 40.8 Å². The maximum absolute atomic E-state index is 12.9. The molecule has 1 N–H and O–H groups in total. The number of amides is 1. The quantitative estimate of drug-likeness (QED) is 0.789. The van der Waals surface area contributed by atoms with Gasteiger partial charge < -0.3 is 9.88 Å². The van der Waals surface area contributed by atoms with Gasteiger partial charge in [0.15, 0.2) is 0 Å². The normalized spacial score (nSPS) is 17.8. The van der Waals surface area contributed by atoms with E-state index in [-0.39, 0.29) is 11.9 Å². The van der Waals surface area contributed by atoms with E-state index >= 15 is 0 Å². The van der Waals surface area contributed by atoms with Crippen LogP contribution in [0.4, 0.5) is 0 Å². The summed E-state index contributed by atoms with van der Waals surface area (Å²) < 4.78 is 0. The fourth-order valence-electron chi connectivity index (χ4n) is 3.24. The fraction of sp³-hybridized carbons (Fsp3) is 0.294. The lowest BCUT2D eigenvalue weighted by Crippen LogP contribution is -2.31. The molecular weight excluding hydrogens is 290 g/mol. The smallest absolute Gasteiger partial charge is 0.254 e. The number of fused-ring (bicyclic) bond motifs is 1. The van der Waals surface area contributed by atoms with Gasteiger partial charge in [-0.2, -0.15) is 0 Å². The summed E-state index contributed by atoms with van der Waals surface area (Å²) in [6.07, 6.45) is 6.99. The molecule has 1 amide bonds. The number of nitrogens with one attached hydrogen (secondary N) is 1. The summed E-state index contributed by atoms with van der Waals surface area (Å²) in [7, 11) is 0. The summed E-state index contributed by atoms with van der Waals surface area (Å²) >= 11 is 0. The Labute approximate surface area is 133 Å². The fourth-order valence-corrected chi connectivity index (χ4v) is 3.24. The molecule has 3 aromatic rings. The van der Waals surface area contributed by atoms with Gasteiger partial charge in [0.2, 0.25) is 0 Å². The van der Waals surface area contributed by atoms with E-state index in [1.54, 1.807) is 18.6 Å². The zero-order valence-electron chi connectivity index (χ0n) is 12.9. The topological polar surface area (TPSA) is 74.8 Å². The number of carbonyl (C=O) groups is 1. The van der Waals surface area contributed by atoms with Gasteiger partial charge in [0.1, 0.15) is 5.82 Å². The molecule has 1 aromatic carbocycles. The van der Waals surface area contributed by atoms with Gasteiger partial charge in [-0.15, -0.1) is 0 Å². The number of nitrogens with zero attached hydrogens (tertiary/aromatic N) is 4. The highest BCUT2D eigenvalue weighted by Gasteiger charge is 2.31. The minimum absolute atomic E-state index is 0.00963. The van der Waals surface area contributed by atoms with Crippen molar-refractivity contribution >= 4 is 16.9 Å². The van der Waals surface area contributed by atoms with Gasteiger partial charge in [-0.25, -0.2) is 4.98 Å². The lowest BCUT2D eigenvalue weighted by atomic mass is 10.1. The number of hydrogen-bond donors (Lipinski definition) is 1. The third kappa shape index (κ3) is 2.46. The number of hydrogen-bond acceptors (Lipinski definition) is 4. The van der Waals surface area contributed by atoms with Crippen LogP contribution in [0.15, 0.2) is 36.8 Å². The number of rotatable bonds is 2. The second-order valence-corrected chi connectivity index (χ2v) is 5.84. The predicted octanol–water partition coefficient (Wildman–Crippen LogP) is 2.64. The van der Waals surface area contributed by atoms with Crippen molar-refractivity contribution in [2.45, 2.75) is 25.8 Å². The van der Waals surface area contributed by atoms with Crippen LogP contribution in [0.3, 0.4) is 0 Å². The van der Waals surface area contributed by atoms with Crippen LogP contribution in [0.25, 0.3) is 11.0 Å². The van der Waals surface area contributed by atoms with E-state index in [4.69, 9.17) is 0 Å². The van der Waals surface area contributed by atoms with E-state index in [0.717, 1.165) is 41.9 Å². The lowest BCUT2D eigenvalue weighted by Gasteiger charge is -2.24. The van der Waals surface area contributed by atoms with Crippen molar-refractivity contribution in [1.29, 1.82) is 0 Å². The molecule has 0 aliphatic carbocycles. The predicted molar refractivity (Wildman–Crippen MR) is 85.9 cm³/mol. The first kappa shape index (κ1) is 13.9. The molecule has 1 fully saturated rings. The molecule has 1 aliphatic rings. The van der Waals surface area contributed by atoms with Gasteiger partial charge in [-0.3, -0.25) is 14.8 Å². The zero-order chi connectivity index (χ0) is 15.8. The summed E-state index contributed by atoms with van der Waals surface area (Å²) in [5.41, 5.74) is 3.31. The highest BCUT2D eigenvalue weighted by atomic mass is 16.2. The maximum Gasteiger partial charge on any atom is 0.254 e.